The Morgan fingerprint density at radius 1 is 1.60 bits per heavy atom. The zero-order valence-corrected chi connectivity index (χ0v) is 8.60. The van der Waals surface area contributed by atoms with E-state index in [2.05, 4.69) is 10.2 Å². The van der Waals surface area contributed by atoms with Crippen molar-refractivity contribution in [1.29, 1.82) is 0 Å². The standard InChI is InChI=1S/C9H13N3O3/c1-9(10-11-9)5-4-8(14)15-12-6-2-3-7(12)13/h2-6H2,1H3. The van der Waals surface area contributed by atoms with Crippen LogP contribution in [0.5, 0.6) is 0 Å². The van der Waals surface area contributed by atoms with E-state index in [4.69, 9.17) is 4.84 Å². The second-order valence-corrected chi connectivity index (χ2v) is 3.98. The van der Waals surface area contributed by atoms with Gasteiger partial charge >= 0.3 is 5.97 Å². The lowest BCUT2D eigenvalue weighted by Crippen LogP contribution is -2.28. The Hall–Kier alpha value is -1.46. The van der Waals surface area contributed by atoms with E-state index in [1.54, 1.807) is 0 Å². The molecule has 0 radical (unpaired) electrons. The van der Waals surface area contributed by atoms with Crippen LogP contribution >= 0.6 is 0 Å². The summed E-state index contributed by atoms with van der Waals surface area (Å²) in [7, 11) is 0. The fraction of sp³-hybridized carbons (Fsp3) is 0.778. The van der Waals surface area contributed by atoms with E-state index in [-0.39, 0.29) is 24.0 Å². The first-order chi connectivity index (χ1) is 7.09. The molecule has 6 nitrogen and oxygen atoms in total. The molecule has 82 valence electrons. The second kappa shape index (κ2) is 3.60. The predicted molar refractivity (Wildman–Crippen MR) is 49.5 cm³/mol. The summed E-state index contributed by atoms with van der Waals surface area (Å²) in [5, 5.41) is 8.72. The third-order valence-electron chi connectivity index (χ3n) is 2.49. The Morgan fingerprint density at radius 2 is 2.33 bits per heavy atom. The highest BCUT2D eigenvalue weighted by molar-refractivity contribution is 5.79. The van der Waals surface area contributed by atoms with Crippen molar-refractivity contribution in [3.63, 3.8) is 0 Å². The number of rotatable bonds is 4. The van der Waals surface area contributed by atoms with Crippen molar-refractivity contribution >= 4 is 11.9 Å². The maximum absolute atomic E-state index is 11.3. The number of amides is 1. The van der Waals surface area contributed by atoms with Crippen molar-refractivity contribution in [3.8, 4) is 0 Å². The zero-order chi connectivity index (χ0) is 10.9. The summed E-state index contributed by atoms with van der Waals surface area (Å²) in [6, 6.07) is 0. The van der Waals surface area contributed by atoms with E-state index in [9.17, 15) is 9.59 Å². The van der Waals surface area contributed by atoms with Gasteiger partial charge in [-0.05, 0) is 13.3 Å². The Labute approximate surface area is 87.2 Å². The monoisotopic (exact) mass is 211 g/mol. The molecule has 0 aromatic heterocycles. The number of carbonyl (C=O) groups excluding carboxylic acids is 2. The van der Waals surface area contributed by atoms with Crippen LogP contribution in [0, 0.1) is 0 Å². The zero-order valence-electron chi connectivity index (χ0n) is 8.60. The highest BCUT2D eigenvalue weighted by atomic mass is 16.7. The summed E-state index contributed by atoms with van der Waals surface area (Å²) in [6.45, 7) is 2.36. The Morgan fingerprint density at radius 3 is 2.87 bits per heavy atom. The van der Waals surface area contributed by atoms with Crippen LogP contribution in [0.4, 0.5) is 0 Å². The fourth-order valence-corrected chi connectivity index (χ4v) is 1.41. The average Bonchev–Trinajstić information content (AvgIpc) is 2.80. The molecule has 0 aromatic rings. The lowest BCUT2D eigenvalue weighted by Gasteiger charge is -2.14. The van der Waals surface area contributed by atoms with Gasteiger partial charge in [-0.2, -0.15) is 15.3 Å². The van der Waals surface area contributed by atoms with Gasteiger partial charge < -0.3 is 4.84 Å². The number of hydroxylamine groups is 2. The van der Waals surface area contributed by atoms with Crippen LogP contribution in [0.25, 0.3) is 0 Å². The Kier molecular flexibility index (Phi) is 2.42. The van der Waals surface area contributed by atoms with Gasteiger partial charge in [-0.15, -0.1) is 0 Å². The molecule has 15 heavy (non-hydrogen) atoms. The lowest BCUT2D eigenvalue weighted by atomic mass is 10.1. The predicted octanol–water partition coefficient (Wildman–Crippen LogP) is 1.03. The molecule has 0 unspecified atom stereocenters. The fourth-order valence-electron chi connectivity index (χ4n) is 1.41. The van der Waals surface area contributed by atoms with Crippen LogP contribution in [0.2, 0.25) is 0 Å². The van der Waals surface area contributed by atoms with Gasteiger partial charge in [-0.25, -0.2) is 4.79 Å². The summed E-state index contributed by atoms with van der Waals surface area (Å²) >= 11 is 0. The maximum atomic E-state index is 11.3. The molecular weight excluding hydrogens is 198 g/mol. The molecule has 1 saturated heterocycles. The Balaban J connectivity index is 1.70. The average molecular weight is 211 g/mol. The van der Waals surface area contributed by atoms with Crippen LogP contribution in [0.1, 0.15) is 32.6 Å². The van der Waals surface area contributed by atoms with Crippen molar-refractivity contribution in [3.05, 3.63) is 0 Å². The smallest absolute Gasteiger partial charge is 0.332 e. The first-order valence-corrected chi connectivity index (χ1v) is 5.04. The van der Waals surface area contributed by atoms with Gasteiger partial charge in [0.2, 0.25) is 0 Å². The molecule has 1 amide bonds. The molecule has 0 saturated carbocycles. The lowest BCUT2D eigenvalue weighted by molar-refractivity contribution is -0.193. The molecule has 0 spiro atoms. The Bertz CT molecular complexity index is 321. The molecule has 0 atom stereocenters. The van der Waals surface area contributed by atoms with Gasteiger partial charge in [0.15, 0.2) is 5.66 Å². The summed E-state index contributed by atoms with van der Waals surface area (Å²) in [4.78, 5) is 27.4. The normalized spacial score (nSPS) is 21.9. The molecule has 0 N–H and O–H groups in total. The quantitative estimate of drug-likeness (QED) is 0.697. The minimum atomic E-state index is -0.385. The molecular formula is C9H13N3O3. The minimum Gasteiger partial charge on any atom is -0.338 e. The summed E-state index contributed by atoms with van der Waals surface area (Å²) in [6.07, 6.45) is 2.02. The topological polar surface area (TPSA) is 71.3 Å². The SMILES string of the molecule is CC1(CCC(=O)ON2CCCC2=O)N=N1. The van der Waals surface area contributed by atoms with Crippen molar-refractivity contribution < 1.29 is 14.4 Å². The molecule has 2 rings (SSSR count). The largest absolute Gasteiger partial charge is 0.338 e. The highest BCUT2D eigenvalue weighted by Crippen LogP contribution is 2.32. The van der Waals surface area contributed by atoms with Gasteiger partial charge in [0.25, 0.3) is 5.91 Å². The van der Waals surface area contributed by atoms with Crippen molar-refractivity contribution in [2.45, 2.75) is 38.3 Å². The number of hydrogen-bond donors (Lipinski definition) is 0. The van der Waals surface area contributed by atoms with E-state index in [1.807, 2.05) is 6.92 Å². The molecule has 0 aliphatic carbocycles. The first kappa shape index (κ1) is 10.1. The number of nitrogens with zero attached hydrogens (tertiary/aromatic N) is 3. The van der Waals surface area contributed by atoms with Crippen molar-refractivity contribution in [2.24, 2.45) is 10.2 Å². The second-order valence-electron chi connectivity index (χ2n) is 3.98. The van der Waals surface area contributed by atoms with Crippen LogP contribution in [-0.2, 0) is 14.4 Å². The van der Waals surface area contributed by atoms with Gasteiger partial charge in [0, 0.05) is 12.8 Å². The molecule has 0 aromatic carbocycles. The van der Waals surface area contributed by atoms with Crippen LogP contribution in [-0.4, -0.2) is 29.1 Å². The van der Waals surface area contributed by atoms with Gasteiger partial charge in [0.1, 0.15) is 0 Å². The van der Waals surface area contributed by atoms with Gasteiger partial charge in [0.05, 0.1) is 13.0 Å². The van der Waals surface area contributed by atoms with Crippen LogP contribution in [0.15, 0.2) is 10.2 Å². The summed E-state index contributed by atoms with van der Waals surface area (Å²) < 4.78 is 0. The van der Waals surface area contributed by atoms with Crippen LogP contribution in [0.3, 0.4) is 0 Å². The van der Waals surface area contributed by atoms with Crippen LogP contribution < -0.4 is 0 Å². The molecule has 6 heteroatoms. The van der Waals surface area contributed by atoms with E-state index in [1.165, 1.54) is 0 Å². The number of carbonyl (C=O) groups is 2. The number of hydrogen-bond acceptors (Lipinski definition) is 5. The molecule has 1 fully saturated rings. The molecule has 2 heterocycles. The third-order valence-corrected chi connectivity index (χ3v) is 2.49. The first-order valence-electron chi connectivity index (χ1n) is 5.04. The van der Waals surface area contributed by atoms with Gasteiger partial charge in [-0.1, -0.05) is 0 Å². The van der Waals surface area contributed by atoms with Gasteiger partial charge in [-0.3, -0.25) is 4.79 Å². The van der Waals surface area contributed by atoms with E-state index >= 15 is 0 Å². The molecule has 0 bridgehead atoms. The van der Waals surface area contributed by atoms with E-state index < -0.39 is 0 Å². The molecule has 2 aliphatic heterocycles. The van der Waals surface area contributed by atoms with E-state index in [0.29, 0.717) is 19.4 Å². The maximum Gasteiger partial charge on any atom is 0.332 e. The van der Waals surface area contributed by atoms with Crippen molar-refractivity contribution in [1.82, 2.24) is 5.06 Å². The summed E-state index contributed by atoms with van der Waals surface area (Å²) in [5.41, 5.74) is -0.381. The molecule has 2 aliphatic rings. The third kappa shape index (κ3) is 2.51. The minimum absolute atomic E-state index is 0.115. The van der Waals surface area contributed by atoms with E-state index in [0.717, 1.165) is 11.5 Å². The highest BCUT2D eigenvalue weighted by Gasteiger charge is 2.34. The van der Waals surface area contributed by atoms with Crippen molar-refractivity contribution in [2.75, 3.05) is 6.54 Å². The summed E-state index contributed by atoms with van der Waals surface area (Å²) in [5.74, 6) is -0.501.